The van der Waals surface area contributed by atoms with Crippen LogP contribution in [-0.2, 0) is 11.2 Å². The number of allylic oxidation sites excluding steroid dienone is 1. The van der Waals surface area contributed by atoms with Gasteiger partial charge in [-0.25, -0.2) is 9.59 Å². The third kappa shape index (κ3) is 3.09. The average Bonchev–Trinajstić information content (AvgIpc) is 2.84. The molecule has 1 aliphatic heterocycles. The second kappa shape index (κ2) is 6.44. The van der Waals surface area contributed by atoms with Gasteiger partial charge in [-0.05, 0) is 38.2 Å². The highest BCUT2D eigenvalue weighted by atomic mass is 16.4. The summed E-state index contributed by atoms with van der Waals surface area (Å²) in [4.78, 5) is 24.4. The Morgan fingerprint density at radius 3 is 2.43 bits per heavy atom. The fourth-order valence-corrected chi connectivity index (χ4v) is 3.67. The number of hydrogen-bond acceptors (Lipinski definition) is 2. The number of hydrogen-bond donors (Lipinski definition) is 2. The van der Waals surface area contributed by atoms with E-state index in [-0.39, 0.29) is 18.4 Å². The number of carboxylic acid groups (broad SMARTS) is 2. The molecule has 2 N–H and O–H groups in total. The molecule has 124 valence electrons. The molecular weight excluding hydrogens is 294 g/mol. The number of aliphatic carboxylic acids is 1. The highest BCUT2D eigenvalue weighted by Gasteiger charge is 2.55. The summed E-state index contributed by atoms with van der Waals surface area (Å²) < 4.78 is 0. The van der Waals surface area contributed by atoms with Gasteiger partial charge in [0.15, 0.2) is 0 Å². The van der Waals surface area contributed by atoms with E-state index >= 15 is 0 Å². The van der Waals surface area contributed by atoms with Gasteiger partial charge in [0.2, 0.25) is 0 Å². The van der Waals surface area contributed by atoms with E-state index in [0.717, 1.165) is 16.0 Å². The van der Waals surface area contributed by atoms with Crippen molar-refractivity contribution < 1.29 is 19.8 Å². The van der Waals surface area contributed by atoms with Crippen LogP contribution >= 0.6 is 0 Å². The van der Waals surface area contributed by atoms with E-state index < -0.39 is 17.6 Å². The van der Waals surface area contributed by atoms with Crippen molar-refractivity contribution >= 4 is 12.1 Å². The first-order valence-electron chi connectivity index (χ1n) is 7.71. The molecule has 1 aliphatic rings. The minimum atomic E-state index is -1.43. The van der Waals surface area contributed by atoms with Crippen LogP contribution in [0.4, 0.5) is 4.79 Å². The van der Waals surface area contributed by atoms with Crippen molar-refractivity contribution in [2.45, 2.75) is 32.2 Å². The standard InChI is InChI=1S/C18H23NO4/c1-12(2)14(11-13-7-5-4-6-8-13)15-9-10-19(17(22)23)18(15,3)16(20)21/h4-8,14-15H,1,9-11H2,2-3H3,(H,20,21)(H,22,23). The van der Waals surface area contributed by atoms with E-state index in [0.29, 0.717) is 12.8 Å². The van der Waals surface area contributed by atoms with Crippen LogP contribution in [0.5, 0.6) is 0 Å². The molecule has 2 rings (SSSR count). The van der Waals surface area contributed by atoms with Crippen molar-refractivity contribution in [2.75, 3.05) is 6.54 Å². The number of amides is 1. The first-order valence-corrected chi connectivity index (χ1v) is 7.71. The Morgan fingerprint density at radius 1 is 1.35 bits per heavy atom. The summed E-state index contributed by atoms with van der Waals surface area (Å²) in [7, 11) is 0. The molecule has 3 unspecified atom stereocenters. The van der Waals surface area contributed by atoms with Crippen molar-refractivity contribution in [1.82, 2.24) is 4.90 Å². The maximum absolute atomic E-state index is 11.9. The fraction of sp³-hybridized carbons (Fsp3) is 0.444. The lowest BCUT2D eigenvalue weighted by molar-refractivity contribution is -0.150. The number of carbonyl (C=O) groups is 2. The third-order valence-electron chi connectivity index (χ3n) is 5.03. The summed E-state index contributed by atoms with van der Waals surface area (Å²) in [5.74, 6) is -1.47. The van der Waals surface area contributed by atoms with Gasteiger partial charge in [-0.2, -0.15) is 0 Å². The van der Waals surface area contributed by atoms with Crippen LogP contribution in [-0.4, -0.2) is 39.3 Å². The Labute approximate surface area is 136 Å². The second-order valence-electron chi connectivity index (χ2n) is 6.42. The minimum absolute atomic E-state index is 0.0807. The zero-order valence-electron chi connectivity index (χ0n) is 13.5. The van der Waals surface area contributed by atoms with E-state index in [1.54, 1.807) is 0 Å². The molecule has 5 nitrogen and oxygen atoms in total. The molecule has 0 radical (unpaired) electrons. The molecule has 1 heterocycles. The van der Waals surface area contributed by atoms with Gasteiger partial charge < -0.3 is 10.2 Å². The normalized spacial score (nSPS) is 25.1. The van der Waals surface area contributed by atoms with Crippen molar-refractivity contribution in [3.05, 3.63) is 48.0 Å². The number of carboxylic acids is 1. The molecule has 1 saturated heterocycles. The van der Waals surface area contributed by atoms with E-state index in [2.05, 4.69) is 6.58 Å². The number of rotatable bonds is 5. The molecule has 0 spiro atoms. The zero-order chi connectivity index (χ0) is 17.2. The number of benzene rings is 1. The highest BCUT2D eigenvalue weighted by molar-refractivity contribution is 5.84. The van der Waals surface area contributed by atoms with E-state index in [9.17, 15) is 19.8 Å². The van der Waals surface area contributed by atoms with E-state index in [1.165, 1.54) is 6.92 Å². The molecule has 1 fully saturated rings. The van der Waals surface area contributed by atoms with Crippen LogP contribution in [0.15, 0.2) is 42.5 Å². The zero-order valence-corrected chi connectivity index (χ0v) is 13.5. The Kier molecular flexibility index (Phi) is 4.78. The van der Waals surface area contributed by atoms with Gasteiger partial charge in [0.25, 0.3) is 0 Å². The van der Waals surface area contributed by atoms with Crippen molar-refractivity contribution in [2.24, 2.45) is 11.8 Å². The van der Waals surface area contributed by atoms with Gasteiger partial charge in [0.1, 0.15) is 5.54 Å². The predicted molar refractivity (Wildman–Crippen MR) is 87.3 cm³/mol. The number of nitrogens with zero attached hydrogens (tertiary/aromatic N) is 1. The molecule has 1 aromatic rings. The third-order valence-corrected chi connectivity index (χ3v) is 5.03. The summed E-state index contributed by atoms with van der Waals surface area (Å²) >= 11 is 0. The average molecular weight is 317 g/mol. The van der Waals surface area contributed by atoms with Crippen LogP contribution in [0.3, 0.4) is 0 Å². The van der Waals surface area contributed by atoms with E-state index in [1.807, 2.05) is 37.3 Å². The first-order chi connectivity index (χ1) is 10.8. The maximum atomic E-state index is 11.9. The molecular formula is C18H23NO4. The first kappa shape index (κ1) is 17.1. The number of likely N-dealkylation sites (tertiary alicyclic amines) is 1. The smallest absolute Gasteiger partial charge is 0.408 e. The summed E-state index contributed by atoms with van der Waals surface area (Å²) in [5.41, 5.74) is 0.560. The Balaban J connectivity index is 2.36. The van der Waals surface area contributed by atoms with Gasteiger partial charge in [0.05, 0.1) is 0 Å². The van der Waals surface area contributed by atoms with Gasteiger partial charge in [-0.3, -0.25) is 4.90 Å². The SMILES string of the molecule is C=C(C)C(Cc1ccccc1)C1CCN(C(=O)O)C1(C)C(=O)O. The van der Waals surface area contributed by atoms with Crippen LogP contribution in [0.1, 0.15) is 25.8 Å². The van der Waals surface area contributed by atoms with Crippen molar-refractivity contribution in [1.29, 1.82) is 0 Å². The van der Waals surface area contributed by atoms with Gasteiger partial charge in [0, 0.05) is 12.5 Å². The topological polar surface area (TPSA) is 77.8 Å². The Bertz CT molecular complexity index is 613. The van der Waals surface area contributed by atoms with Crippen LogP contribution < -0.4 is 0 Å². The van der Waals surface area contributed by atoms with Gasteiger partial charge in [-0.15, -0.1) is 0 Å². The molecule has 0 saturated carbocycles. The Morgan fingerprint density at radius 2 is 1.96 bits per heavy atom. The largest absolute Gasteiger partial charge is 0.479 e. The molecule has 1 amide bonds. The van der Waals surface area contributed by atoms with E-state index in [4.69, 9.17) is 0 Å². The lowest BCUT2D eigenvalue weighted by Gasteiger charge is -2.38. The summed E-state index contributed by atoms with van der Waals surface area (Å²) in [5, 5.41) is 19.1. The second-order valence-corrected chi connectivity index (χ2v) is 6.42. The highest BCUT2D eigenvalue weighted by Crippen LogP contribution is 2.43. The lowest BCUT2D eigenvalue weighted by atomic mass is 9.72. The maximum Gasteiger partial charge on any atom is 0.408 e. The molecule has 3 atom stereocenters. The van der Waals surface area contributed by atoms with Crippen molar-refractivity contribution in [3.63, 3.8) is 0 Å². The molecule has 1 aromatic carbocycles. The molecule has 0 aromatic heterocycles. The monoisotopic (exact) mass is 317 g/mol. The molecule has 0 aliphatic carbocycles. The summed E-state index contributed by atoms with van der Waals surface area (Å²) in [6.45, 7) is 7.67. The van der Waals surface area contributed by atoms with Crippen LogP contribution in [0.2, 0.25) is 0 Å². The lowest BCUT2D eigenvalue weighted by Crippen LogP contribution is -2.55. The minimum Gasteiger partial charge on any atom is -0.479 e. The van der Waals surface area contributed by atoms with Gasteiger partial charge in [-0.1, -0.05) is 42.5 Å². The molecule has 5 heteroatoms. The predicted octanol–water partition coefficient (Wildman–Crippen LogP) is 3.26. The van der Waals surface area contributed by atoms with Crippen LogP contribution in [0, 0.1) is 11.8 Å². The van der Waals surface area contributed by atoms with Crippen molar-refractivity contribution in [3.8, 4) is 0 Å². The van der Waals surface area contributed by atoms with Gasteiger partial charge >= 0.3 is 12.1 Å². The summed E-state index contributed by atoms with van der Waals surface area (Å²) in [6.07, 6.45) is 0.00830. The fourth-order valence-electron chi connectivity index (χ4n) is 3.67. The Hall–Kier alpha value is -2.30. The quantitative estimate of drug-likeness (QED) is 0.817. The summed E-state index contributed by atoms with van der Waals surface area (Å²) in [6, 6.07) is 9.82. The molecule has 0 bridgehead atoms. The molecule has 23 heavy (non-hydrogen) atoms. The van der Waals surface area contributed by atoms with Crippen LogP contribution in [0.25, 0.3) is 0 Å².